The molecule has 0 bridgehead atoms. The van der Waals surface area contributed by atoms with Crippen molar-refractivity contribution in [3.63, 3.8) is 0 Å². The number of ether oxygens (including phenoxy) is 1. The van der Waals surface area contributed by atoms with Gasteiger partial charge in [0.1, 0.15) is 0 Å². The number of ketones is 2. The third-order valence-electron chi connectivity index (χ3n) is 3.39. The summed E-state index contributed by atoms with van der Waals surface area (Å²) >= 11 is 1.48. The second kappa shape index (κ2) is 4.21. The first-order chi connectivity index (χ1) is 8.70. The number of rotatable bonds is 4. The van der Waals surface area contributed by atoms with E-state index in [0.29, 0.717) is 11.1 Å². The highest BCUT2D eigenvalue weighted by atomic mass is 32.2. The predicted octanol–water partition coefficient (Wildman–Crippen LogP) is 2.69. The molecule has 2 aliphatic rings. The Morgan fingerprint density at radius 2 is 2.00 bits per heavy atom. The summed E-state index contributed by atoms with van der Waals surface area (Å²) in [7, 11) is 0. The van der Waals surface area contributed by atoms with E-state index in [2.05, 4.69) is 6.92 Å². The molecular formula is C14H14O3S. The van der Waals surface area contributed by atoms with Crippen molar-refractivity contribution < 1.29 is 14.3 Å². The summed E-state index contributed by atoms with van der Waals surface area (Å²) < 4.78 is 5.48. The number of hydrogen-bond acceptors (Lipinski definition) is 4. The second-order valence-electron chi connectivity index (χ2n) is 4.61. The summed E-state index contributed by atoms with van der Waals surface area (Å²) in [5, 5.41) is 0. The van der Waals surface area contributed by atoms with Gasteiger partial charge < -0.3 is 4.74 Å². The molecule has 18 heavy (non-hydrogen) atoms. The number of Topliss-reactive ketones (excluding diaryl/α,β-unsaturated/α-hetero) is 2. The van der Waals surface area contributed by atoms with E-state index in [0.717, 1.165) is 18.6 Å². The third-order valence-corrected chi connectivity index (χ3v) is 4.80. The Morgan fingerprint density at radius 1 is 1.28 bits per heavy atom. The van der Waals surface area contributed by atoms with Crippen LogP contribution in [0.15, 0.2) is 24.3 Å². The van der Waals surface area contributed by atoms with Gasteiger partial charge in [-0.25, -0.2) is 0 Å². The molecular weight excluding hydrogens is 248 g/mol. The smallest absolute Gasteiger partial charge is 0.211 e. The van der Waals surface area contributed by atoms with Gasteiger partial charge in [-0.05, 0) is 12.2 Å². The van der Waals surface area contributed by atoms with Gasteiger partial charge in [0.25, 0.3) is 0 Å². The normalized spacial score (nSPS) is 28.8. The Kier molecular flexibility index (Phi) is 2.79. The highest BCUT2D eigenvalue weighted by molar-refractivity contribution is 8.01. The minimum atomic E-state index is -0.902. The number of thioether (sulfide) groups is 1. The Hall–Kier alpha value is -1.13. The maximum atomic E-state index is 12.4. The van der Waals surface area contributed by atoms with E-state index in [1.165, 1.54) is 11.8 Å². The lowest BCUT2D eigenvalue weighted by Crippen LogP contribution is -2.34. The van der Waals surface area contributed by atoms with Gasteiger partial charge in [0, 0.05) is 11.1 Å². The third kappa shape index (κ3) is 1.56. The molecule has 1 aliphatic carbocycles. The molecule has 1 aromatic carbocycles. The van der Waals surface area contributed by atoms with Gasteiger partial charge in [0.2, 0.25) is 10.7 Å². The highest BCUT2D eigenvalue weighted by Gasteiger charge is 2.69. The molecule has 0 amide bonds. The standard InChI is InChI=1S/C14H14O3S/c1-2-3-8-18-14-12(16)10-7-5-4-6-9(10)11(15)13(14)17-14/h4-7,13H,2-3,8H2,1H3. The fourth-order valence-corrected chi connectivity index (χ4v) is 3.71. The number of carbonyl (C=O) groups excluding carboxylic acids is 2. The van der Waals surface area contributed by atoms with Crippen molar-refractivity contribution in [2.45, 2.75) is 30.8 Å². The van der Waals surface area contributed by atoms with Crippen LogP contribution >= 0.6 is 11.8 Å². The summed E-state index contributed by atoms with van der Waals surface area (Å²) in [6.45, 7) is 2.10. The number of benzene rings is 1. The van der Waals surface area contributed by atoms with Crippen LogP contribution in [0.5, 0.6) is 0 Å². The van der Waals surface area contributed by atoms with Crippen LogP contribution in [0.25, 0.3) is 0 Å². The fraction of sp³-hybridized carbons (Fsp3) is 0.429. The average molecular weight is 262 g/mol. The van der Waals surface area contributed by atoms with Crippen molar-refractivity contribution in [2.24, 2.45) is 0 Å². The van der Waals surface area contributed by atoms with E-state index >= 15 is 0 Å². The van der Waals surface area contributed by atoms with Gasteiger partial charge in [-0.1, -0.05) is 37.6 Å². The predicted molar refractivity (Wildman–Crippen MR) is 70.1 cm³/mol. The van der Waals surface area contributed by atoms with Crippen molar-refractivity contribution in [3.8, 4) is 0 Å². The average Bonchev–Trinajstić information content (AvgIpc) is 3.13. The molecule has 3 rings (SSSR count). The lowest BCUT2D eigenvalue weighted by Gasteiger charge is -2.17. The number of fused-ring (bicyclic) bond motifs is 2. The Labute approximate surface area is 110 Å². The molecule has 1 aromatic rings. The molecule has 1 fully saturated rings. The van der Waals surface area contributed by atoms with Gasteiger partial charge >= 0.3 is 0 Å². The summed E-state index contributed by atoms with van der Waals surface area (Å²) in [6, 6.07) is 6.99. The maximum Gasteiger partial charge on any atom is 0.211 e. The van der Waals surface area contributed by atoms with E-state index < -0.39 is 11.0 Å². The van der Waals surface area contributed by atoms with Gasteiger partial charge in [-0.2, -0.15) is 0 Å². The van der Waals surface area contributed by atoms with Crippen LogP contribution in [0.1, 0.15) is 40.5 Å². The van der Waals surface area contributed by atoms with Crippen molar-refractivity contribution in [1.82, 2.24) is 0 Å². The van der Waals surface area contributed by atoms with Crippen LogP contribution in [-0.4, -0.2) is 28.4 Å². The molecule has 4 heteroatoms. The zero-order valence-electron chi connectivity index (χ0n) is 10.1. The van der Waals surface area contributed by atoms with Crippen LogP contribution in [0.4, 0.5) is 0 Å². The number of epoxide rings is 1. The van der Waals surface area contributed by atoms with E-state index in [-0.39, 0.29) is 11.6 Å². The Balaban J connectivity index is 1.91. The van der Waals surface area contributed by atoms with Gasteiger partial charge in [0.15, 0.2) is 11.9 Å². The summed E-state index contributed by atoms with van der Waals surface area (Å²) in [4.78, 5) is 23.7. The first-order valence-corrected chi connectivity index (χ1v) is 7.19. The second-order valence-corrected chi connectivity index (χ2v) is 5.91. The van der Waals surface area contributed by atoms with Crippen molar-refractivity contribution in [2.75, 3.05) is 5.75 Å². The zero-order chi connectivity index (χ0) is 12.8. The van der Waals surface area contributed by atoms with Gasteiger partial charge in [-0.15, -0.1) is 11.8 Å². The fourth-order valence-electron chi connectivity index (χ4n) is 2.31. The monoisotopic (exact) mass is 262 g/mol. The SMILES string of the molecule is CCCCSC12OC1C(=O)c1ccccc1C2=O. The maximum absolute atomic E-state index is 12.4. The summed E-state index contributed by atoms with van der Waals surface area (Å²) in [6.07, 6.45) is 1.56. The number of unbranched alkanes of at least 4 members (excludes halogenated alkanes) is 1. The molecule has 0 aromatic heterocycles. The molecule has 1 saturated heterocycles. The first-order valence-electron chi connectivity index (χ1n) is 6.20. The lowest BCUT2D eigenvalue weighted by molar-refractivity contribution is 0.0911. The van der Waals surface area contributed by atoms with Crippen molar-refractivity contribution in [1.29, 1.82) is 0 Å². The van der Waals surface area contributed by atoms with Gasteiger partial charge in [0.05, 0.1) is 0 Å². The van der Waals surface area contributed by atoms with Gasteiger partial charge in [-0.3, -0.25) is 9.59 Å². The molecule has 3 nitrogen and oxygen atoms in total. The minimum absolute atomic E-state index is 0.0381. The van der Waals surface area contributed by atoms with Crippen LogP contribution < -0.4 is 0 Å². The van der Waals surface area contributed by atoms with E-state index in [9.17, 15) is 9.59 Å². The number of hydrogen-bond donors (Lipinski definition) is 0. The molecule has 1 heterocycles. The first kappa shape index (κ1) is 11.9. The summed E-state index contributed by atoms with van der Waals surface area (Å²) in [5.74, 6) is 0.770. The van der Waals surface area contributed by atoms with E-state index in [1.54, 1.807) is 24.3 Å². The highest BCUT2D eigenvalue weighted by Crippen LogP contribution is 2.53. The lowest BCUT2D eigenvalue weighted by atomic mass is 9.89. The molecule has 0 saturated carbocycles. The van der Waals surface area contributed by atoms with E-state index in [4.69, 9.17) is 4.74 Å². The topological polar surface area (TPSA) is 46.7 Å². The van der Waals surface area contributed by atoms with Crippen LogP contribution in [0, 0.1) is 0 Å². The van der Waals surface area contributed by atoms with Crippen LogP contribution in [0.2, 0.25) is 0 Å². The molecule has 2 unspecified atom stereocenters. The molecule has 0 radical (unpaired) electrons. The Morgan fingerprint density at radius 3 is 2.72 bits per heavy atom. The summed E-state index contributed by atoms with van der Waals surface area (Å²) in [5.41, 5.74) is 1.02. The molecule has 2 atom stereocenters. The molecule has 0 N–H and O–H groups in total. The minimum Gasteiger partial charge on any atom is -0.337 e. The zero-order valence-corrected chi connectivity index (χ0v) is 11.0. The molecule has 1 aliphatic heterocycles. The van der Waals surface area contributed by atoms with E-state index in [1.807, 2.05) is 0 Å². The van der Waals surface area contributed by atoms with Crippen LogP contribution in [-0.2, 0) is 4.74 Å². The number of carbonyl (C=O) groups is 2. The largest absolute Gasteiger partial charge is 0.337 e. The van der Waals surface area contributed by atoms with Crippen molar-refractivity contribution >= 4 is 23.3 Å². The Bertz CT molecular complexity index is 526. The van der Waals surface area contributed by atoms with Crippen LogP contribution in [0.3, 0.4) is 0 Å². The molecule has 0 spiro atoms. The van der Waals surface area contributed by atoms with Crippen molar-refractivity contribution in [3.05, 3.63) is 35.4 Å². The quantitative estimate of drug-likeness (QED) is 0.618. The molecule has 94 valence electrons.